The first kappa shape index (κ1) is 9.14. The van der Waals surface area contributed by atoms with E-state index < -0.39 is 0 Å². The van der Waals surface area contributed by atoms with Gasteiger partial charge in [-0.05, 0) is 6.42 Å². The Labute approximate surface area is 81.1 Å². The van der Waals surface area contributed by atoms with Crippen LogP contribution in [0.5, 0.6) is 0 Å². The fraction of sp³-hybridized carbons (Fsp3) is 0.625. The quantitative estimate of drug-likeness (QED) is 0.657. The number of aryl methyl sites for hydroxylation is 1. The van der Waals surface area contributed by atoms with E-state index in [1.54, 1.807) is 11.8 Å². The van der Waals surface area contributed by atoms with E-state index >= 15 is 0 Å². The van der Waals surface area contributed by atoms with Crippen LogP contribution in [0, 0.1) is 6.92 Å². The Hall–Kier alpha value is -1.43. The highest BCUT2D eigenvalue weighted by atomic mass is 16.5. The molecule has 1 atom stereocenters. The molecule has 1 aliphatic rings. The van der Waals surface area contributed by atoms with Crippen LogP contribution < -0.4 is 5.73 Å². The topological polar surface area (TPSA) is 85.2 Å². The van der Waals surface area contributed by atoms with Crippen LogP contribution in [-0.2, 0) is 0 Å². The molecule has 0 radical (unpaired) electrons. The molecule has 2 rings (SSSR count). The van der Waals surface area contributed by atoms with E-state index in [1.165, 1.54) is 0 Å². The van der Waals surface area contributed by atoms with Crippen LogP contribution in [0.4, 0.5) is 0 Å². The van der Waals surface area contributed by atoms with Crippen LogP contribution in [-0.4, -0.2) is 40.1 Å². The summed E-state index contributed by atoms with van der Waals surface area (Å²) < 4.78 is 4.73. The van der Waals surface area contributed by atoms with Gasteiger partial charge in [0.1, 0.15) is 0 Å². The number of aromatic nitrogens is 2. The third kappa shape index (κ3) is 1.60. The maximum atomic E-state index is 11.7. The Bertz CT molecular complexity index is 349. The van der Waals surface area contributed by atoms with Crippen LogP contribution in [0.1, 0.15) is 22.9 Å². The third-order valence-corrected chi connectivity index (χ3v) is 2.23. The van der Waals surface area contributed by atoms with E-state index in [9.17, 15) is 4.79 Å². The van der Waals surface area contributed by atoms with Gasteiger partial charge in [0.15, 0.2) is 0 Å². The van der Waals surface area contributed by atoms with Crippen molar-refractivity contribution >= 4 is 5.91 Å². The molecule has 1 aromatic heterocycles. The van der Waals surface area contributed by atoms with E-state index in [-0.39, 0.29) is 17.8 Å². The predicted molar refractivity (Wildman–Crippen MR) is 47.5 cm³/mol. The Morgan fingerprint density at radius 3 is 3.00 bits per heavy atom. The lowest BCUT2D eigenvalue weighted by Crippen LogP contribution is -2.32. The number of hydrogen-bond donors (Lipinski definition) is 1. The van der Waals surface area contributed by atoms with Crippen molar-refractivity contribution in [3.05, 3.63) is 11.7 Å². The van der Waals surface area contributed by atoms with E-state index in [4.69, 9.17) is 10.3 Å². The van der Waals surface area contributed by atoms with Gasteiger partial charge < -0.3 is 15.2 Å². The maximum Gasteiger partial charge on any atom is 0.295 e. The molecule has 0 bridgehead atoms. The van der Waals surface area contributed by atoms with Crippen molar-refractivity contribution in [1.29, 1.82) is 0 Å². The molecule has 0 saturated carbocycles. The smallest absolute Gasteiger partial charge is 0.295 e. The highest BCUT2D eigenvalue weighted by molar-refractivity contribution is 5.90. The van der Waals surface area contributed by atoms with Crippen molar-refractivity contribution in [3.63, 3.8) is 0 Å². The van der Waals surface area contributed by atoms with Crippen LogP contribution in [0.2, 0.25) is 0 Å². The summed E-state index contributed by atoms with van der Waals surface area (Å²) >= 11 is 0. The number of nitrogens with two attached hydrogens (primary N) is 1. The molecule has 0 spiro atoms. The summed E-state index contributed by atoms with van der Waals surface area (Å²) in [7, 11) is 0. The van der Waals surface area contributed by atoms with Crippen molar-refractivity contribution in [2.75, 3.05) is 13.1 Å². The average molecular weight is 196 g/mol. The zero-order chi connectivity index (χ0) is 10.1. The molecule has 1 amide bonds. The average Bonchev–Trinajstić information content (AvgIpc) is 2.73. The molecule has 14 heavy (non-hydrogen) atoms. The Morgan fingerprint density at radius 1 is 1.71 bits per heavy atom. The normalized spacial score (nSPS) is 21.6. The number of carbonyl (C=O) groups is 1. The van der Waals surface area contributed by atoms with Gasteiger partial charge in [-0.15, -0.1) is 0 Å². The molecule has 1 aliphatic heterocycles. The molecule has 1 aromatic rings. The van der Waals surface area contributed by atoms with Crippen molar-refractivity contribution in [2.45, 2.75) is 19.4 Å². The Morgan fingerprint density at radius 2 is 2.50 bits per heavy atom. The van der Waals surface area contributed by atoms with E-state index in [1.807, 2.05) is 0 Å². The van der Waals surface area contributed by atoms with Gasteiger partial charge in [-0.1, -0.05) is 5.16 Å². The highest BCUT2D eigenvalue weighted by Gasteiger charge is 2.27. The zero-order valence-corrected chi connectivity index (χ0v) is 7.93. The minimum absolute atomic E-state index is 0.0759. The molecule has 0 aliphatic carbocycles. The van der Waals surface area contributed by atoms with E-state index in [0.29, 0.717) is 19.0 Å². The second kappa shape index (κ2) is 3.38. The van der Waals surface area contributed by atoms with Crippen LogP contribution in [0.15, 0.2) is 4.52 Å². The maximum absolute atomic E-state index is 11.7. The van der Waals surface area contributed by atoms with Gasteiger partial charge in [0.2, 0.25) is 5.89 Å². The molecule has 1 saturated heterocycles. The highest BCUT2D eigenvalue weighted by Crippen LogP contribution is 2.10. The fourth-order valence-electron chi connectivity index (χ4n) is 1.50. The van der Waals surface area contributed by atoms with Gasteiger partial charge in [-0.2, -0.15) is 4.98 Å². The number of amides is 1. The van der Waals surface area contributed by atoms with Gasteiger partial charge in [-0.25, -0.2) is 0 Å². The second-order valence-electron chi connectivity index (χ2n) is 3.44. The molecule has 6 heteroatoms. The van der Waals surface area contributed by atoms with Crippen molar-refractivity contribution in [3.8, 4) is 0 Å². The van der Waals surface area contributed by atoms with E-state index in [0.717, 1.165) is 6.42 Å². The lowest BCUT2D eigenvalue weighted by Gasteiger charge is -2.12. The lowest BCUT2D eigenvalue weighted by atomic mass is 10.3. The number of likely N-dealkylation sites (tertiary alicyclic amines) is 1. The first-order valence-electron chi connectivity index (χ1n) is 4.52. The summed E-state index contributed by atoms with van der Waals surface area (Å²) in [6.45, 7) is 2.90. The summed E-state index contributed by atoms with van der Waals surface area (Å²) in [5.74, 6) is 0.322. The minimum atomic E-state index is -0.199. The van der Waals surface area contributed by atoms with Gasteiger partial charge in [-0.3, -0.25) is 4.79 Å². The van der Waals surface area contributed by atoms with Gasteiger partial charge in [0, 0.05) is 26.1 Å². The van der Waals surface area contributed by atoms with Crippen LogP contribution >= 0.6 is 0 Å². The van der Waals surface area contributed by atoms with E-state index in [2.05, 4.69) is 10.1 Å². The summed E-state index contributed by atoms with van der Waals surface area (Å²) in [6, 6.07) is 0.0759. The second-order valence-corrected chi connectivity index (χ2v) is 3.44. The molecule has 76 valence electrons. The molecular weight excluding hydrogens is 184 g/mol. The minimum Gasteiger partial charge on any atom is -0.339 e. The molecule has 6 nitrogen and oxygen atoms in total. The van der Waals surface area contributed by atoms with Gasteiger partial charge in [0.05, 0.1) is 0 Å². The van der Waals surface area contributed by atoms with Crippen LogP contribution in [0.25, 0.3) is 0 Å². The fourth-order valence-corrected chi connectivity index (χ4v) is 1.50. The number of nitrogens with zero attached hydrogens (tertiary/aromatic N) is 3. The Balaban J connectivity index is 2.09. The van der Waals surface area contributed by atoms with Gasteiger partial charge >= 0.3 is 0 Å². The number of hydrogen-bond acceptors (Lipinski definition) is 5. The molecule has 0 aromatic carbocycles. The third-order valence-electron chi connectivity index (χ3n) is 2.23. The monoisotopic (exact) mass is 196 g/mol. The molecular formula is C8H12N4O2. The summed E-state index contributed by atoms with van der Waals surface area (Å²) in [5.41, 5.74) is 5.69. The van der Waals surface area contributed by atoms with Crippen molar-refractivity contribution in [1.82, 2.24) is 15.0 Å². The number of carbonyl (C=O) groups excluding carboxylic acids is 1. The lowest BCUT2D eigenvalue weighted by molar-refractivity contribution is 0.0775. The molecule has 1 fully saturated rings. The zero-order valence-electron chi connectivity index (χ0n) is 7.93. The summed E-state index contributed by atoms with van der Waals surface area (Å²) in [6.07, 6.45) is 0.836. The SMILES string of the molecule is Cc1nc(C(=O)N2CC[C@@H](N)C2)no1. The summed E-state index contributed by atoms with van der Waals surface area (Å²) in [4.78, 5) is 17.2. The standard InChI is InChI=1S/C8H12N4O2/c1-5-10-7(11-14-5)8(13)12-3-2-6(9)4-12/h6H,2-4,9H2,1H3/t6-/m1/s1. The molecule has 2 heterocycles. The Kier molecular flexibility index (Phi) is 2.20. The first-order chi connectivity index (χ1) is 6.66. The van der Waals surface area contributed by atoms with Crippen LogP contribution in [0.3, 0.4) is 0 Å². The van der Waals surface area contributed by atoms with Gasteiger partial charge in [0.25, 0.3) is 11.7 Å². The first-order valence-corrected chi connectivity index (χ1v) is 4.52. The van der Waals surface area contributed by atoms with Crippen molar-refractivity contribution in [2.24, 2.45) is 5.73 Å². The molecule has 2 N–H and O–H groups in total. The number of rotatable bonds is 1. The largest absolute Gasteiger partial charge is 0.339 e. The molecule has 0 unspecified atom stereocenters. The summed E-state index contributed by atoms with van der Waals surface area (Å²) in [5, 5.41) is 3.57. The van der Waals surface area contributed by atoms with Crippen molar-refractivity contribution < 1.29 is 9.32 Å². The predicted octanol–water partition coefficient (Wildman–Crippen LogP) is -0.449.